The van der Waals surface area contributed by atoms with Crippen LogP contribution in [-0.4, -0.2) is 57.3 Å². The number of rotatable bonds is 6. The maximum Gasteiger partial charge on any atom is 0.410 e. The lowest BCUT2D eigenvalue weighted by Crippen LogP contribution is -2.49. The van der Waals surface area contributed by atoms with Gasteiger partial charge in [-0.2, -0.15) is 0 Å². The summed E-state index contributed by atoms with van der Waals surface area (Å²) < 4.78 is 8.01. The number of aromatic nitrogens is 1. The largest absolute Gasteiger partial charge is 0.503 e. The Morgan fingerprint density at radius 2 is 1.71 bits per heavy atom. The van der Waals surface area contributed by atoms with E-state index in [1.165, 1.54) is 10.1 Å². The zero-order valence-electron chi connectivity index (χ0n) is 17.7. The number of hydrogen-bond acceptors (Lipinski definition) is 5. The van der Waals surface area contributed by atoms with Gasteiger partial charge in [0.25, 0.3) is 5.56 Å². The van der Waals surface area contributed by atoms with Crippen molar-refractivity contribution in [1.82, 2.24) is 14.4 Å². The van der Waals surface area contributed by atoms with Crippen molar-refractivity contribution >= 4 is 28.7 Å². The molecule has 1 saturated heterocycles. The predicted octanol–water partition coefficient (Wildman–Crippen LogP) is 3.34. The first-order valence-corrected chi connectivity index (χ1v) is 12.1. The number of carbonyl (C=O) groups excluding carboxylic acids is 1. The number of benzene rings is 1. The molecule has 1 saturated carbocycles. The van der Waals surface area contributed by atoms with E-state index in [0.29, 0.717) is 44.8 Å². The molecular formula is C23H28IN3O4. The van der Waals surface area contributed by atoms with Crippen molar-refractivity contribution in [1.29, 1.82) is 0 Å². The summed E-state index contributed by atoms with van der Waals surface area (Å²) in [5.74, 6) is -0.199. The minimum absolute atomic E-state index is 0.199. The number of amides is 1. The van der Waals surface area contributed by atoms with Crippen LogP contribution in [0.25, 0.3) is 0 Å². The molecule has 2 heterocycles. The number of halogens is 1. The highest BCUT2D eigenvalue weighted by molar-refractivity contribution is 14.1. The third kappa shape index (κ3) is 5.41. The predicted molar refractivity (Wildman–Crippen MR) is 127 cm³/mol. The molecule has 1 aliphatic carbocycles. The molecule has 1 aromatic heterocycles. The fourth-order valence-electron chi connectivity index (χ4n) is 3.67. The Bertz CT molecular complexity index is 993. The van der Waals surface area contributed by atoms with Gasteiger partial charge in [-0.25, -0.2) is 4.79 Å². The van der Waals surface area contributed by atoms with E-state index in [4.69, 9.17) is 4.74 Å². The summed E-state index contributed by atoms with van der Waals surface area (Å²) in [4.78, 5) is 28.8. The molecule has 0 bridgehead atoms. The Morgan fingerprint density at radius 3 is 2.32 bits per heavy atom. The number of pyridine rings is 1. The highest BCUT2D eigenvalue weighted by atomic mass is 127. The molecule has 4 rings (SSSR count). The molecule has 2 aliphatic rings. The van der Waals surface area contributed by atoms with E-state index in [1.54, 1.807) is 11.1 Å². The Balaban J connectivity index is 1.34. The molecule has 0 atom stereocenters. The average Bonchev–Trinajstić information content (AvgIpc) is 3.50. The van der Waals surface area contributed by atoms with Crippen LogP contribution in [0.5, 0.6) is 5.75 Å². The second-order valence-electron chi connectivity index (χ2n) is 8.65. The number of piperazine rings is 1. The van der Waals surface area contributed by atoms with Crippen molar-refractivity contribution in [3.05, 3.63) is 63.6 Å². The van der Waals surface area contributed by atoms with E-state index in [-0.39, 0.29) is 23.0 Å². The maximum atomic E-state index is 12.7. The topological polar surface area (TPSA) is 75.0 Å². The molecule has 31 heavy (non-hydrogen) atoms. The molecule has 7 nitrogen and oxygen atoms in total. The van der Waals surface area contributed by atoms with Gasteiger partial charge in [-0.05, 0) is 37.0 Å². The fourth-order valence-corrected chi connectivity index (χ4v) is 4.17. The zero-order chi connectivity index (χ0) is 22.0. The number of hydrogen-bond donors (Lipinski definition) is 1. The Hall–Kier alpha value is -2.07. The summed E-state index contributed by atoms with van der Waals surface area (Å²) >= 11 is 2.32. The summed E-state index contributed by atoms with van der Waals surface area (Å²) in [5, 5.41) is 10.5. The van der Waals surface area contributed by atoms with Gasteiger partial charge < -0.3 is 19.3 Å². The minimum Gasteiger partial charge on any atom is -0.503 e. The first-order valence-electron chi connectivity index (χ1n) is 10.6. The molecule has 1 N–H and O–H groups in total. The standard InChI is InChI=1S/C23H28IN3O4/c1-23(7-8-23)31-22(30)26-12-10-25(11-13-26)16-19-6-9-27(21(29)20(19)28)15-18-4-2-17(14-24)3-5-18/h2-6,9,28H,7-8,10-16H2,1H3. The van der Waals surface area contributed by atoms with Crippen molar-refractivity contribution in [2.24, 2.45) is 0 Å². The van der Waals surface area contributed by atoms with Gasteiger partial charge in [-0.15, -0.1) is 0 Å². The SMILES string of the molecule is CC1(OC(=O)N2CCN(Cc3ccn(Cc4ccc(CI)cc4)c(=O)c3O)CC2)CC1. The monoisotopic (exact) mass is 537 g/mol. The minimum atomic E-state index is -0.379. The summed E-state index contributed by atoms with van der Waals surface area (Å²) in [7, 11) is 0. The van der Waals surface area contributed by atoms with Gasteiger partial charge in [-0.3, -0.25) is 9.69 Å². The molecular weight excluding hydrogens is 509 g/mol. The van der Waals surface area contributed by atoms with E-state index >= 15 is 0 Å². The molecule has 2 fully saturated rings. The molecule has 2 aromatic rings. The molecule has 8 heteroatoms. The smallest absolute Gasteiger partial charge is 0.410 e. The number of alkyl halides is 1. The molecule has 1 aromatic carbocycles. The van der Waals surface area contributed by atoms with Gasteiger partial charge in [0.05, 0.1) is 6.54 Å². The van der Waals surface area contributed by atoms with Gasteiger partial charge in [0.1, 0.15) is 5.60 Å². The second-order valence-corrected chi connectivity index (χ2v) is 9.42. The van der Waals surface area contributed by atoms with Crippen LogP contribution in [0.4, 0.5) is 4.79 Å². The number of ether oxygens (including phenoxy) is 1. The third-order valence-electron chi connectivity index (χ3n) is 6.07. The zero-order valence-corrected chi connectivity index (χ0v) is 19.9. The molecule has 1 aliphatic heterocycles. The second kappa shape index (κ2) is 9.20. The number of carbonyl (C=O) groups is 1. The van der Waals surface area contributed by atoms with Gasteiger partial charge >= 0.3 is 6.09 Å². The van der Waals surface area contributed by atoms with E-state index in [1.807, 2.05) is 25.1 Å². The third-order valence-corrected chi connectivity index (χ3v) is 6.95. The maximum absolute atomic E-state index is 12.7. The Labute approximate surface area is 195 Å². The first-order chi connectivity index (χ1) is 14.9. The lowest BCUT2D eigenvalue weighted by molar-refractivity contribution is 0.0415. The van der Waals surface area contributed by atoms with Crippen molar-refractivity contribution < 1.29 is 14.6 Å². The number of nitrogens with zero attached hydrogens (tertiary/aromatic N) is 3. The van der Waals surface area contributed by atoms with Crippen molar-refractivity contribution in [3.8, 4) is 5.75 Å². The van der Waals surface area contributed by atoms with Crippen LogP contribution in [-0.2, 0) is 22.3 Å². The van der Waals surface area contributed by atoms with Crippen LogP contribution in [0.1, 0.15) is 36.5 Å². The van der Waals surface area contributed by atoms with Crippen LogP contribution in [0, 0.1) is 0 Å². The van der Waals surface area contributed by atoms with Gasteiger partial charge in [0, 0.05) is 48.9 Å². The quantitative estimate of drug-likeness (QED) is 0.452. The molecule has 166 valence electrons. The van der Waals surface area contributed by atoms with Crippen LogP contribution in [0.3, 0.4) is 0 Å². The summed E-state index contributed by atoms with van der Waals surface area (Å²) in [6.07, 6.45) is 3.38. The van der Waals surface area contributed by atoms with Crippen molar-refractivity contribution in [2.45, 2.75) is 42.9 Å². The fraction of sp³-hybridized carbons (Fsp3) is 0.478. The summed E-state index contributed by atoms with van der Waals surface area (Å²) in [6, 6.07) is 9.95. The molecule has 0 unspecified atom stereocenters. The first kappa shape index (κ1) is 22.1. The molecule has 0 radical (unpaired) electrons. The highest BCUT2D eigenvalue weighted by Crippen LogP contribution is 2.39. The number of aromatic hydroxyl groups is 1. The molecule has 1 amide bonds. The van der Waals surface area contributed by atoms with Gasteiger partial charge in [-0.1, -0.05) is 46.9 Å². The Kier molecular flexibility index (Phi) is 6.57. The van der Waals surface area contributed by atoms with E-state index in [2.05, 4.69) is 39.6 Å². The van der Waals surface area contributed by atoms with Crippen LogP contribution >= 0.6 is 22.6 Å². The lowest BCUT2D eigenvalue weighted by atomic mass is 10.1. The van der Waals surface area contributed by atoms with Crippen molar-refractivity contribution in [2.75, 3.05) is 26.2 Å². The summed E-state index contributed by atoms with van der Waals surface area (Å²) in [6.45, 7) is 5.39. The average molecular weight is 537 g/mol. The van der Waals surface area contributed by atoms with Crippen LogP contribution < -0.4 is 5.56 Å². The van der Waals surface area contributed by atoms with Gasteiger partial charge in [0.15, 0.2) is 5.75 Å². The normalized spacial score (nSPS) is 18.1. The van der Waals surface area contributed by atoms with Crippen LogP contribution in [0.2, 0.25) is 0 Å². The van der Waals surface area contributed by atoms with Crippen molar-refractivity contribution in [3.63, 3.8) is 0 Å². The van der Waals surface area contributed by atoms with Crippen LogP contribution in [0.15, 0.2) is 41.3 Å². The van der Waals surface area contributed by atoms with E-state index < -0.39 is 0 Å². The van der Waals surface area contributed by atoms with Gasteiger partial charge in [0.2, 0.25) is 0 Å². The summed E-state index contributed by atoms with van der Waals surface area (Å²) in [5.41, 5.74) is 2.23. The lowest BCUT2D eigenvalue weighted by Gasteiger charge is -2.34. The van der Waals surface area contributed by atoms with E-state index in [9.17, 15) is 14.7 Å². The Morgan fingerprint density at radius 1 is 1.06 bits per heavy atom. The van der Waals surface area contributed by atoms with E-state index in [0.717, 1.165) is 22.8 Å². The highest BCUT2D eigenvalue weighted by Gasteiger charge is 2.42. The molecule has 0 spiro atoms.